The van der Waals surface area contributed by atoms with Gasteiger partial charge in [-0.15, -0.1) is 0 Å². The van der Waals surface area contributed by atoms with Crippen molar-refractivity contribution in [3.05, 3.63) is 73.3 Å². The summed E-state index contributed by atoms with van der Waals surface area (Å²) in [7, 11) is 0. The summed E-state index contributed by atoms with van der Waals surface area (Å²) in [6, 6.07) is 7.58. The van der Waals surface area contributed by atoms with E-state index in [2.05, 4.69) is 5.32 Å². The number of fused-ring (bicyclic) bond motifs is 1. The zero-order valence-electron chi connectivity index (χ0n) is 16.4. The van der Waals surface area contributed by atoms with E-state index in [0.717, 1.165) is 6.07 Å². The molecule has 32 heavy (non-hydrogen) atoms. The second-order valence-electron chi connectivity index (χ2n) is 6.57. The van der Waals surface area contributed by atoms with Gasteiger partial charge < -0.3 is 10.1 Å². The summed E-state index contributed by atoms with van der Waals surface area (Å²) in [5.74, 6) is -3.83. The molecular weight excluding hydrogens is 428 g/mol. The number of nitrogens with zero attached hydrogens (tertiary/aromatic N) is 3. The molecule has 2 aromatic rings. The second kappa shape index (κ2) is 8.59. The first-order chi connectivity index (χ1) is 15.1. The fourth-order valence-electron chi connectivity index (χ4n) is 3.08. The Balaban J connectivity index is 1.62. The lowest BCUT2D eigenvalue weighted by Gasteiger charge is -2.13. The molecule has 0 aliphatic carbocycles. The van der Waals surface area contributed by atoms with Gasteiger partial charge in [0.2, 0.25) is 0 Å². The lowest BCUT2D eigenvalue weighted by molar-refractivity contribution is -0.385. The van der Waals surface area contributed by atoms with Gasteiger partial charge in [0.1, 0.15) is 12.1 Å². The Morgan fingerprint density at radius 1 is 1.00 bits per heavy atom. The largest absolute Gasteiger partial charge is 0.454 e. The number of amides is 3. The molecule has 164 valence electrons. The number of anilines is 1. The fourth-order valence-corrected chi connectivity index (χ4v) is 3.08. The maximum absolute atomic E-state index is 12.4. The van der Waals surface area contributed by atoms with Gasteiger partial charge in [0.05, 0.1) is 26.7 Å². The lowest BCUT2D eigenvalue weighted by Crippen LogP contribution is -2.36. The number of hydrogen-bond donors (Lipinski definition) is 1. The maximum Gasteiger partial charge on any atom is 0.326 e. The number of rotatable bonds is 7. The number of esters is 1. The third-order valence-electron chi connectivity index (χ3n) is 4.60. The van der Waals surface area contributed by atoms with E-state index >= 15 is 0 Å². The zero-order chi connectivity index (χ0) is 23.6. The Bertz CT molecular complexity index is 1190. The van der Waals surface area contributed by atoms with Crippen LogP contribution in [0.1, 0.15) is 26.3 Å². The summed E-state index contributed by atoms with van der Waals surface area (Å²) >= 11 is 0. The number of hydrogen-bond acceptors (Lipinski definition) is 9. The van der Waals surface area contributed by atoms with E-state index in [1.807, 2.05) is 0 Å². The average molecular weight is 442 g/mol. The van der Waals surface area contributed by atoms with Crippen molar-refractivity contribution < 1.29 is 33.8 Å². The minimum Gasteiger partial charge on any atom is -0.454 e. The summed E-state index contributed by atoms with van der Waals surface area (Å²) in [6.07, 6.45) is 0. The SMILES string of the molecule is Cc1c(NC(=O)COC(=O)CN2C(=O)c3cccc([N+](=O)[O-])c3C2=O)cccc1[N+](=O)[O-]. The van der Waals surface area contributed by atoms with Crippen molar-refractivity contribution in [1.82, 2.24) is 4.90 Å². The van der Waals surface area contributed by atoms with Crippen LogP contribution >= 0.6 is 0 Å². The van der Waals surface area contributed by atoms with Gasteiger partial charge in [-0.3, -0.25) is 44.3 Å². The fraction of sp³-hybridized carbons (Fsp3) is 0.158. The van der Waals surface area contributed by atoms with E-state index in [4.69, 9.17) is 4.74 Å². The Morgan fingerprint density at radius 2 is 1.62 bits per heavy atom. The molecule has 0 bridgehead atoms. The van der Waals surface area contributed by atoms with Crippen molar-refractivity contribution in [3.63, 3.8) is 0 Å². The van der Waals surface area contributed by atoms with Gasteiger partial charge in [-0.1, -0.05) is 12.1 Å². The molecule has 13 heteroatoms. The molecule has 0 atom stereocenters. The third-order valence-corrected chi connectivity index (χ3v) is 4.60. The highest BCUT2D eigenvalue weighted by molar-refractivity contribution is 6.24. The molecule has 0 aromatic heterocycles. The molecule has 1 aliphatic heterocycles. The Hall–Kier alpha value is -4.68. The Morgan fingerprint density at radius 3 is 2.28 bits per heavy atom. The molecule has 1 heterocycles. The highest BCUT2D eigenvalue weighted by Gasteiger charge is 2.42. The summed E-state index contributed by atoms with van der Waals surface area (Å²) in [5.41, 5.74) is -1.06. The van der Waals surface area contributed by atoms with Crippen LogP contribution in [0.5, 0.6) is 0 Å². The minimum atomic E-state index is -1.10. The molecule has 1 N–H and O–H groups in total. The van der Waals surface area contributed by atoms with Crippen molar-refractivity contribution in [1.29, 1.82) is 0 Å². The number of nitro groups is 2. The van der Waals surface area contributed by atoms with Gasteiger partial charge in [0, 0.05) is 12.1 Å². The predicted octanol–water partition coefficient (Wildman–Crippen LogP) is 1.59. The van der Waals surface area contributed by atoms with Crippen molar-refractivity contribution in [2.75, 3.05) is 18.5 Å². The second-order valence-corrected chi connectivity index (χ2v) is 6.57. The number of benzene rings is 2. The van der Waals surface area contributed by atoms with Crippen LogP contribution in [-0.2, 0) is 14.3 Å². The molecule has 0 saturated heterocycles. The van der Waals surface area contributed by atoms with Crippen LogP contribution in [0.25, 0.3) is 0 Å². The Kier molecular flexibility index (Phi) is 5.91. The van der Waals surface area contributed by atoms with Crippen LogP contribution in [0.4, 0.5) is 17.1 Å². The Labute approximate surface area is 178 Å². The monoisotopic (exact) mass is 442 g/mol. The normalized spacial score (nSPS) is 12.3. The first kappa shape index (κ1) is 22.0. The molecule has 13 nitrogen and oxygen atoms in total. The van der Waals surface area contributed by atoms with E-state index < -0.39 is 57.9 Å². The molecule has 0 saturated carbocycles. The van der Waals surface area contributed by atoms with Crippen molar-refractivity contribution >= 4 is 40.8 Å². The molecule has 0 unspecified atom stereocenters. The van der Waals surface area contributed by atoms with Crippen molar-refractivity contribution in [3.8, 4) is 0 Å². The van der Waals surface area contributed by atoms with Crippen LogP contribution in [-0.4, -0.2) is 51.6 Å². The van der Waals surface area contributed by atoms with Crippen LogP contribution in [0.2, 0.25) is 0 Å². The first-order valence-corrected chi connectivity index (χ1v) is 8.95. The number of ether oxygens (including phenoxy) is 1. The van der Waals surface area contributed by atoms with Gasteiger partial charge in [-0.05, 0) is 19.1 Å². The van der Waals surface area contributed by atoms with E-state index in [0.29, 0.717) is 4.90 Å². The predicted molar refractivity (Wildman–Crippen MR) is 106 cm³/mol. The molecule has 2 aromatic carbocycles. The van der Waals surface area contributed by atoms with Crippen LogP contribution in [0.3, 0.4) is 0 Å². The standard InChI is InChI=1S/C19H14N4O9/c1-10-12(5-3-6-13(10)22(28)29)20-15(24)9-32-16(25)8-21-18(26)11-4-2-7-14(23(30)31)17(11)19(21)27/h2-7H,8-9H2,1H3,(H,20,24). The number of imide groups is 1. The number of nitrogens with one attached hydrogen (secondary N) is 1. The molecule has 1 aliphatic rings. The average Bonchev–Trinajstić information content (AvgIpc) is 2.98. The van der Waals surface area contributed by atoms with E-state index in [1.54, 1.807) is 0 Å². The summed E-state index contributed by atoms with van der Waals surface area (Å²) in [5, 5.41) is 24.4. The highest BCUT2D eigenvalue weighted by Crippen LogP contribution is 2.30. The van der Waals surface area contributed by atoms with Crippen LogP contribution in [0, 0.1) is 27.2 Å². The molecule has 3 rings (SSSR count). The van der Waals surface area contributed by atoms with Crippen molar-refractivity contribution in [2.45, 2.75) is 6.92 Å². The highest BCUT2D eigenvalue weighted by atomic mass is 16.6. The minimum absolute atomic E-state index is 0.146. The van der Waals surface area contributed by atoms with E-state index in [9.17, 15) is 39.4 Å². The number of nitro benzene ring substituents is 2. The van der Waals surface area contributed by atoms with Crippen LogP contribution in [0.15, 0.2) is 36.4 Å². The maximum atomic E-state index is 12.4. The van der Waals surface area contributed by atoms with E-state index in [-0.39, 0.29) is 22.5 Å². The van der Waals surface area contributed by atoms with Crippen LogP contribution < -0.4 is 5.32 Å². The van der Waals surface area contributed by atoms with Gasteiger partial charge in [0.15, 0.2) is 6.61 Å². The lowest BCUT2D eigenvalue weighted by atomic mass is 10.1. The zero-order valence-corrected chi connectivity index (χ0v) is 16.4. The summed E-state index contributed by atoms with van der Waals surface area (Å²) in [6.45, 7) is -0.210. The van der Waals surface area contributed by atoms with Crippen molar-refractivity contribution in [2.24, 2.45) is 0 Å². The van der Waals surface area contributed by atoms with E-state index in [1.165, 1.54) is 37.3 Å². The summed E-state index contributed by atoms with van der Waals surface area (Å²) < 4.78 is 4.76. The molecule has 0 fully saturated rings. The van der Waals surface area contributed by atoms with Gasteiger partial charge in [0.25, 0.3) is 29.1 Å². The molecule has 0 spiro atoms. The number of carbonyl (C=O) groups excluding carboxylic acids is 4. The van der Waals surface area contributed by atoms with Gasteiger partial charge >= 0.3 is 5.97 Å². The van der Waals surface area contributed by atoms with Gasteiger partial charge in [-0.2, -0.15) is 0 Å². The van der Waals surface area contributed by atoms with Gasteiger partial charge in [-0.25, -0.2) is 0 Å². The first-order valence-electron chi connectivity index (χ1n) is 8.95. The number of carbonyl (C=O) groups is 4. The summed E-state index contributed by atoms with van der Waals surface area (Å²) in [4.78, 5) is 70.0. The molecule has 3 amide bonds. The molecular formula is C19H14N4O9. The quantitative estimate of drug-likeness (QED) is 0.288. The topological polar surface area (TPSA) is 179 Å². The smallest absolute Gasteiger partial charge is 0.326 e. The molecule has 0 radical (unpaired) electrons. The third kappa shape index (κ3) is 4.12.